The normalized spacial score (nSPS) is 13.9. The third-order valence-electron chi connectivity index (χ3n) is 3.52. The van der Waals surface area contributed by atoms with Crippen molar-refractivity contribution in [3.63, 3.8) is 0 Å². The predicted octanol–water partition coefficient (Wildman–Crippen LogP) is 2.61. The molecule has 19 heavy (non-hydrogen) atoms. The molecule has 0 atom stereocenters. The predicted molar refractivity (Wildman–Crippen MR) is 78.1 cm³/mol. The van der Waals surface area contributed by atoms with E-state index in [4.69, 9.17) is 11.6 Å². The summed E-state index contributed by atoms with van der Waals surface area (Å²) in [5, 5.41) is 3.88. The largest absolute Gasteiger partial charge is 0.335 e. The van der Waals surface area contributed by atoms with Crippen LogP contribution in [0.3, 0.4) is 0 Å². The Labute approximate surface area is 119 Å². The van der Waals surface area contributed by atoms with Crippen LogP contribution in [0, 0.1) is 0 Å². The highest BCUT2D eigenvalue weighted by atomic mass is 35.5. The van der Waals surface area contributed by atoms with Gasteiger partial charge in [-0.15, -0.1) is 0 Å². The number of likely N-dealkylation sites (N-methyl/N-ethyl adjacent to an activating group) is 1. The lowest BCUT2D eigenvalue weighted by Gasteiger charge is -2.26. The van der Waals surface area contributed by atoms with Gasteiger partial charge in [-0.05, 0) is 31.1 Å². The molecule has 0 saturated carbocycles. The molecule has 1 aliphatic heterocycles. The lowest BCUT2D eigenvalue weighted by atomic mass is 10.0. The summed E-state index contributed by atoms with van der Waals surface area (Å²) >= 11 is 6.15. The summed E-state index contributed by atoms with van der Waals surface area (Å²) in [6.45, 7) is 6.82. The van der Waals surface area contributed by atoms with Crippen LogP contribution in [-0.2, 0) is 11.3 Å². The number of halogens is 1. The van der Waals surface area contributed by atoms with E-state index in [2.05, 4.69) is 5.32 Å². The van der Waals surface area contributed by atoms with Gasteiger partial charge in [0.05, 0.1) is 0 Å². The zero-order valence-corrected chi connectivity index (χ0v) is 12.1. The van der Waals surface area contributed by atoms with Crippen LogP contribution in [0.5, 0.6) is 0 Å². The number of hydrogen-bond donors (Lipinski definition) is 1. The lowest BCUT2D eigenvalue weighted by Crippen LogP contribution is -2.39. The summed E-state index contributed by atoms with van der Waals surface area (Å²) in [7, 11) is 0. The van der Waals surface area contributed by atoms with E-state index in [0.29, 0.717) is 18.1 Å². The van der Waals surface area contributed by atoms with E-state index in [1.54, 1.807) is 0 Å². The molecule has 1 aliphatic rings. The Morgan fingerprint density at radius 3 is 2.58 bits per heavy atom. The van der Waals surface area contributed by atoms with Crippen molar-refractivity contribution >= 4 is 17.5 Å². The van der Waals surface area contributed by atoms with Gasteiger partial charge in [-0.3, -0.25) is 4.79 Å². The Bertz CT molecular complexity index is 505. The van der Waals surface area contributed by atoms with Gasteiger partial charge in [0.2, 0.25) is 5.91 Å². The average Bonchev–Trinajstić information content (AvgIpc) is 2.35. The van der Waals surface area contributed by atoms with E-state index in [9.17, 15) is 4.79 Å². The van der Waals surface area contributed by atoms with Gasteiger partial charge in [0, 0.05) is 36.8 Å². The molecule has 0 spiro atoms. The first-order valence-electron chi connectivity index (χ1n) is 6.55. The summed E-state index contributed by atoms with van der Waals surface area (Å²) in [5.41, 5.74) is 3.07. The third-order valence-corrected chi connectivity index (χ3v) is 3.88. The molecule has 0 aromatic heterocycles. The van der Waals surface area contributed by atoms with Crippen molar-refractivity contribution in [1.82, 2.24) is 10.2 Å². The molecule has 4 heteroatoms. The molecule has 0 bridgehead atoms. The molecular weight excluding hydrogens is 260 g/mol. The topological polar surface area (TPSA) is 32.3 Å². The SMILES string of the molecule is CCN(Cc1ccccc1Cl)C(=O)C(C)=C1CNC1. The Balaban J connectivity index is 2.12. The van der Waals surface area contributed by atoms with Gasteiger partial charge >= 0.3 is 0 Å². The smallest absolute Gasteiger partial charge is 0.249 e. The molecule has 1 N–H and O–H groups in total. The number of nitrogens with one attached hydrogen (secondary N) is 1. The maximum atomic E-state index is 12.4. The minimum Gasteiger partial charge on any atom is -0.335 e. The third kappa shape index (κ3) is 3.17. The second-order valence-corrected chi connectivity index (χ2v) is 5.15. The van der Waals surface area contributed by atoms with E-state index in [-0.39, 0.29) is 5.91 Å². The molecule has 1 saturated heterocycles. The molecule has 0 unspecified atom stereocenters. The number of amides is 1. The van der Waals surface area contributed by atoms with E-state index >= 15 is 0 Å². The zero-order chi connectivity index (χ0) is 13.8. The van der Waals surface area contributed by atoms with E-state index in [1.165, 1.54) is 5.57 Å². The summed E-state index contributed by atoms with van der Waals surface area (Å²) < 4.78 is 0. The van der Waals surface area contributed by atoms with E-state index < -0.39 is 0 Å². The zero-order valence-electron chi connectivity index (χ0n) is 11.4. The first kappa shape index (κ1) is 14.1. The molecule has 1 aromatic carbocycles. The average molecular weight is 279 g/mol. The number of carbonyl (C=O) groups excluding carboxylic acids is 1. The monoisotopic (exact) mass is 278 g/mol. The molecule has 1 aromatic rings. The van der Waals surface area contributed by atoms with Crippen LogP contribution in [-0.4, -0.2) is 30.4 Å². The summed E-state index contributed by atoms with van der Waals surface area (Å²) in [5.74, 6) is 0.110. The molecule has 0 aliphatic carbocycles. The number of carbonyl (C=O) groups is 1. The van der Waals surface area contributed by atoms with Crippen LogP contribution >= 0.6 is 11.6 Å². The summed E-state index contributed by atoms with van der Waals surface area (Å²) in [6.07, 6.45) is 0. The molecular formula is C15H19ClN2O. The van der Waals surface area contributed by atoms with Crippen LogP contribution in [0.25, 0.3) is 0 Å². The van der Waals surface area contributed by atoms with Gasteiger partial charge < -0.3 is 10.2 Å². The van der Waals surface area contributed by atoms with Crippen molar-refractivity contribution < 1.29 is 4.79 Å². The Hall–Kier alpha value is -1.32. The number of hydrogen-bond acceptors (Lipinski definition) is 2. The Kier molecular flexibility index (Phi) is 4.61. The Morgan fingerprint density at radius 1 is 1.37 bits per heavy atom. The highest BCUT2D eigenvalue weighted by Gasteiger charge is 2.20. The quantitative estimate of drug-likeness (QED) is 0.859. The Morgan fingerprint density at radius 2 is 2.05 bits per heavy atom. The summed E-state index contributed by atoms with van der Waals surface area (Å²) in [4.78, 5) is 14.3. The lowest BCUT2D eigenvalue weighted by molar-refractivity contribution is -0.127. The molecule has 1 amide bonds. The first-order valence-corrected chi connectivity index (χ1v) is 6.93. The van der Waals surface area contributed by atoms with Crippen LogP contribution in [0.4, 0.5) is 0 Å². The fourth-order valence-corrected chi connectivity index (χ4v) is 2.26. The second-order valence-electron chi connectivity index (χ2n) is 4.74. The van der Waals surface area contributed by atoms with Crippen LogP contribution in [0.15, 0.2) is 35.4 Å². The van der Waals surface area contributed by atoms with Crippen molar-refractivity contribution in [2.75, 3.05) is 19.6 Å². The van der Waals surface area contributed by atoms with Crippen LogP contribution in [0.2, 0.25) is 5.02 Å². The van der Waals surface area contributed by atoms with Crippen molar-refractivity contribution in [3.05, 3.63) is 46.0 Å². The molecule has 3 nitrogen and oxygen atoms in total. The number of rotatable bonds is 4. The standard InChI is InChI=1S/C15H19ClN2O/c1-3-18(10-12-6-4-5-7-14(12)16)15(19)11(2)13-8-17-9-13/h4-7,17H,3,8-10H2,1-2H3. The minimum atomic E-state index is 0.110. The van der Waals surface area contributed by atoms with Crippen molar-refractivity contribution in [3.8, 4) is 0 Å². The molecule has 0 radical (unpaired) electrons. The molecule has 2 rings (SSSR count). The fourth-order valence-electron chi connectivity index (χ4n) is 2.06. The number of nitrogens with zero attached hydrogens (tertiary/aromatic N) is 1. The summed E-state index contributed by atoms with van der Waals surface area (Å²) in [6, 6.07) is 7.67. The van der Waals surface area contributed by atoms with Crippen LogP contribution in [0.1, 0.15) is 19.4 Å². The van der Waals surface area contributed by atoms with Crippen molar-refractivity contribution in [1.29, 1.82) is 0 Å². The highest BCUT2D eigenvalue weighted by Crippen LogP contribution is 2.19. The maximum absolute atomic E-state index is 12.4. The van der Waals surface area contributed by atoms with Gasteiger partial charge in [0.15, 0.2) is 0 Å². The number of benzene rings is 1. The minimum absolute atomic E-state index is 0.110. The van der Waals surface area contributed by atoms with Gasteiger partial charge in [-0.1, -0.05) is 29.8 Å². The maximum Gasteiger partial charge on any atom is 0.249 e. The fraction of sp³-hybridized carbons (Fsp3) is 0.400. The second kappa shape index (κ2) is 6.22. The van der Waals surface area contributed by atoms with Gasteiger partial charge in [-0.25, -0.2) is 0 Å². The van der Waals surface area contributed by atoms with E-state index in [0.717, 1.165) is 24.2 Å². The highest BCUT2D eigenvalue weighted by molar-refractivity contribution is 6.31. The van der Waals surface area contributed by atoms with Gasteiger partial charge in [-0.2, -0.15) is 0 Å². The molecule has 102 valence electrons. The van der Waals surface area contributed by atoms with Crippen molar-refractivity contribution in [2.24, 2.45) is 0 Å². The first-order chi connectivity index (χ1) is 9.13. The van der Waals surface area contributed by atoms with Gasteiger partial charge in [0.25, 0.3) is 0 Å². The van der Waals surface area contributed by atoms with Gasteiger partial charge in [0.1, 0.15) is 0 Å². The molecule has 1 fully saturated rings. The van der Waals surface area contributed by atoms with Crippen LogP contribution < -0.4 is 5.32 Å². The molecule has 1 heterocycles. The van der Waals surface area contributed by atoms with Crippen molar-refractivity contribution in [2.45, 2.75) is 20.4 Å². The van der Waals surface area contributed by atoms with E-state index in [1.807, 2.05) is 43.0 Å².